The average molecular weight is 378 g/mol. The van der Waals surface area contributed by atoms with E-state index in [1.807, 2.05) is 30.1 Å². The Hall–Kier alpha value is -1.66. The quantitative estimate of drug-likeness (QED) is 0.862. The molecule has 2 aromatic rings. The van der Waals surface area contributed by atoms with E-state index in [0.717, 1.165) is 42.3 Å². The Bertz CT molecular complexity index is 779. The van der Waals surface area contributed by atoms with Gasteiger partial charge in [0.15, 0.2) is 0 Å². The van der Waals surface area contributed by atoms with Gasteiger partial charge in [-0.3, -0.25) is 9.59 Å². The van der Waals surface area contributed by atoms with Gasteiger partial charge < -0.3 is 15.2 Å². The zero-order valence-electron chi connectivity index (χ0n) is 13.1. The summed E-state index contributed by atoms with van der Waals surface area (Å²) in [4.78, 5) is 29.5. The molecule has 0 radical (unpaired) electrons. The highest BCUT2D eigenvalue weighted by Gasteiger charge is 2.24. The van der Waals surface area contributed by atoms with Crippen molar-refractivity contribution >= 4 is 32.7 Å². The molecule has 1 aliphatic heterocycles. The normalized spacial score (nSPS) is 16.0. The molecule has 3 rings (SSSR count). The number of aromatic nitrogens is 1. The third-order valence-corrected chi connectivity index (χ3v) is 5.11. The number of halogens is 1. The van der Waals surface area contributed by atoms with E-state index >= 15 is 0 Å². The summed E-state index contributed by atoms with van der Waals surface area (Å²) in [6.45, 7) is 2.48. The van der Waals surface area contributed by atoms with Crippen LogP contribution < -0.4 is 10.9 Å². The number of fused-ring (bicyclic) bond motifs is 1. The Morgan fingerprint density at radius 3 is 2.83 bits per heavy atom. The number of hydrogen-bond acceptors (Lipinski definition) is 3. The Labute approximate surface area is 143 Å². The van der Waals surface area contributed by atoms with Crippen LogP contribution in [0.4, 0.5) is 0 Å². The number of piperidine rings is 1. The van der Waals surface area contributed by atoms with Crippen LogP contribution in [0.1, 0.15) is 23.2 Å². The number of benzene rings is 1. The van der Waals surface area contributed by atoms with Crippen LogP contribution in [0.5, 0.6) is 0 Å². The van der Waals surface area contributed by atoms with Crippen LogP contribution in [0.25, 0.3) is 10.9 Å². The minimum Gasteiger partial charge on any atom is -0.339 e. The lowest BCUT2D eigenvalue weighted by Crippen LogP contribution is -2.40. The van der Waals surface area contributed by atoms with Gasteiger partial charge in [0.2, 0.25) is 5.56 Å². The molecule has 0 aliphatic carbocycles. The standard InChI is InChI=1S/C17H20BrN3O2/c1-19-10-11-5-7-21(8-6-11)17(23)13-9-15(22)20-16-12(13)3-2-4-14(16)18/h2-4,9,11,19H,5-8,10H2,1H3,(H,20,22). The number of hydrogen-bond donors (Lipinski definition) is 2. The van der Waals surface area contributed by atoms with E-state index < -0.39 is 0 Å². The van der Waals surface area contributed by atoms with Gasteiger partial charge in [0.05, 0.1) is 11.1 Å². The summed E-state index contributed by atoms with van der Waals surface area (Å²) in [5.74, 6) is 0.566. The number of carbonyl (C=O) groups excluding carboxylic acids is 1. The monoisotopic (exact) mass is 377 g/mol. The predicted molar refractivity (Wildman–Crippen MR) is 94.8 cm³/mol. The van der Waals surface area contributed by atoms with E-state index in [2.05, 4.69) is 26.2 Å². The van der Waals surface area contributed by atoms with E-state index in [-0.39, 0.29) is 11.5 Å². The Morgan fingerprint density at radius 2 is 2.13 bits per heavy atom. The summed E-state index contributed by atoms with van der Waals surface area (Å²) in [6, 6.07) is 7.02. The molecule has 1 aromatic heterocycles. The number of pyridine rings is 1. The first kappa shape index (κ1) is 16.2. The number of rotatable bonds is 3. The van der Waals surface area contributed by atoms with Crippen molar-refractivity contribution in [1.82, 2.24) is 15.2 Å². The van der Waals surface area contributed by atoms with Crippen LogP contribution in [0.2, 0.25) is 0 Å². The van der Waals surface area contributed by atoms with E-state index in [1.165, 1.54) is 6.07 Å². The fourth-order valence-electron chi connectivity index (χ4n) is 3.22. The molecule has 5 nitrogen and oxygen atoms in total. The minimum absolute atomic E-state index is 0.0536. The summed E-state index contributed by atoms with van der Waals surface area (Å²) in [7, 11) is 1.96. The van der Waals surface area contributed by atoms with Crippen LogP contribution in [0.15, 0.2) is 33.5 Å². The van der Waals surface area contributed by atoms with Crippen molar-refractivity contribution in [2.24, 2.45) is 5.92 Å². The highest BCUT2D eigenvalue weighted by atomic mass is 79.9. The van der Waals surface area contributed by atoms with Gasteiger partial charge in [-0.2, -0.15) is 0 Å². The first-order chi connectivity index (χ1) is 11.1. The Kier molecular flexibility index (Phi) is 4.82. The second-order valence-electron chi connectivity index (χ2n) is 6.00. The van der Waals surface area contributed by atoms with Gasteiger partial charge in [0, 0.05) is 29.0 Å². The van der Waals surface area contributed by atoms with Crippen LogP contribution >= 0.6 is 15.9 Å². The number of likely N-dealkylation sites (tertiary alicyclic amines) is 1. The molecule has 1 aliphatic rings. The van der Waals surface area contributed by atoms with Gasteiger partial charge in [-0.25, -0.2) is 0 Å². The maximum absolute atomic E-state index is 12.9. The van der Waals surface area contributed by atoms with Crippen molar-refractivity contribution < 1.29 is 4.79 Å². The molecule has 2 heterocycles. The number of carbonyl (C=O) groups is 1. The van der Waals surface area contributed by atoms with Gasteiger partial charge in [0.1, 0.15) is 0 Å². The minimum atomic E-state index is -0.252. The first-order valence-corrected chi connectivity index (χ1v) is 8.65. The molecule has 0 unspecified atom stereocenters. The molecule has 1 amide bonds. The van der Waals surface area contributed by atoms with Crippen molar-refractivity contribution in [1.29, 1.82) is 0 Å². The molecule has 0 saturated carbocycles. The Balaban J connectivity index is 1.90. The van der Waals surface area contributed by atoms with Crippen molar-refractivity contribution in [3.05, 3.63) is 44.7 Å². The third kappa shape index (κ3) is 3.33. The summed E-state index contributed by atoms with van der Waals surface area (Å²) in [6.07, 6.45) is 1.99. The molecule has 1 aromatic carbocycles. The molecule has 0 spiro atoms. The first-order valence-electron chi connectivity index (χ1n) is 7.85. The maximum atomic E-state index is 12.9. The molecule has 0 bridgehead atoms. The van der Waals surface area contributed by atoms with E-state index in [4.69, 9.17) is 0 Å². The van der Waals surface area contributed by atoms with Gasteiger partial charge in [-0.15, -0.1) is 0 Å². The van der Waals surface area contributed by atoms with Crippen molar-refractivity contribution in [3.8, 4) is 0 Å². The number of amides is 1. The third-order valence-electron chi connectivity index (χ3n) is 4.45. The van der Waals surface area contributed by atoms with Crippen LogP contribution in [-0.2, 0) is 0 Å². The summed E-state index contributed by atoms with van der Waals surface area (Å²) < 4.78 is 0.787. The van der Waals surface area contributed by atoms with Crippen molar-refractivity contribution in [3.63, 3.8) is 0 Å². The van der Waals surface area contributed by atoms with E-state index in [0.29, 0.717) is 17.0 Å². The summed E-state index contributed by atoms with van der Waals surface area (Å²) in [5, 5.41) is 3.98. The smallest absolute Gasteiger partial charge is 0.254 e. The summed E-state index contributed by atoms with van der Waals surface area (Å²) in [5.41, 5.74) is 0.906. The van der Waals surface area contributed by atoms with Gasteiger partial charge in [0.25, 0.3) is 5.91 Å². The van der Waals surface area contributed by atoms with Crippen LogP contribution in [0, 0.1) is 5.92 Å². The fraction of sp³-hybridized carbons (Fsp3) is 0.412. The molecule has 1 fully saturated rings. The van der Waals surface area contributed by atoms with Crippen molar-refractivity contribution in [2.75, 3.05) is 26.7 Å². The topological polar surface area (TPSA) is 65.2 Å². The maximum Gasteiger partial charge on any atom is 0.254 e. The lowest BCUT2D eigenvalue weighted by atomic mass is 9.96. The molecule has 122 valence electrons. The lowest BCUT2D eigenvalue weighted by Gasteiger charge is -2.32. The lowest BCUT2D eigenvalue weighted by molar-refractivity contribution is 0.0692. The molecule has 23 heavy (non-hydrogen) atoms. The number of nitrogens with zero attached hydrogens (tertiary/aromatic N) is 1. The molecule has 1 saturated heterocycles. The second kappa shape index (κ2) is 6.84. The number of para-hydroxylation sites is 1. The van der Waals surface area contributed by atoms with Crippen LogP contribution in [-0.4, -0.2) is 42.5 Å². The number of nitrogens with one attached hydrogen (secondary N) is 2. The molecule has 2 N–H and O–H groups in total. The van der Waals surface area contributed by atoms with Crippen molar-refractivity contribution in [2.45, 2.75) is 12.8 Å². The number of H-pyrrole nitrogens is 1. The highest BCUT2D eigenvalue weighted by Crippen LogP contribution is 2.25. The molecule has 6 heteroatoms. The zero-order valence-corrected chi connectivity index (χ0v) is 14.6. The van der Waals surface area contributed by atoms with E-state index in [9.17, 15) is 9.59 Å². The van der Waals surface area contributed by atoms with Gasteiger partial charge in [-0.05, 0) is 54.3 Å². The zero-order chi connectivity index (χ0) is 16.4. The van der Waals surface area contributed by atoms with E-state index in [1.54, 1.807) is 0 Å². The predicted octanol–water partition coefficient (Wildman–Crippen LogP) is 2.36. The van der Waals surface area contributed by atoms with Gasteiger partial charge in [-0.1, -0.05) is 12.1 Å². The largest absolute Gasteiger partial charge is 0.339 e. The highest BCUT2D eigenvalue weighted by molar-refractivity contribution is 9.10. The number of aromatic amines is 1. The van der Waals surface area contributed by atoms with Gasteiger partial charge >= 0.3 is 0 Å². The second-order valence-corrected chi connectivity index (χ2v) is 6.86. The fourth-order valence-corrected chi connectivity index (χ4v) is 3.69. The molecule has 0 atom stereocenters. The molecular formula is C17H20BrN3O2. The SMILES string of the molecule is CNCC1CCN(C(=O)c2cc(=O)[nH]c3c(Br)cccc23)CC1. The molecular weight excluding hydrogens is 358 g/mol. The van der Waals surface area contributed by atoms with Crippen LogP contribution in [0.3, 0.4) is 0 Å². The Morgan fingerprint density at radius 1 is 1.39 bits per heavy atom. The summed E-state index contributed by atoms with van der Waals surface area (Å²) >= 11 is 3.43. The average Bonchev–Trinajstić information content (AvgIpc) is 2.55.